The fraction of sp³-hybridized carbons (Fsp3) is 0.455. The van der Waals surface area contributed by atoms with Gasteiger partial charge in [-0.3, -0.25) is 9.59 Å². The first-order chi connectivity index (χ1) is 14.1. The minimum absolute atomic E-state index is 0.0293. The maximum Gasteiger partial charge on any atom is 0.254 e. The molecule has 2 amide bonds. The zero-order valence-electron chi connectivity index (χ0n) is 17.0. The second-order valence-corrected chi connectivity index (χ2v) is 8.25. The van der Waals surface area contributed by atoms with Gasteiger partial charge in [0.2, 0.25) is 5.91 Å². The molecule has 0 saturated heterocycles. The van der Waals surface area contributed by atoms with Gasteiger partial charge in [-0.1, -0.05) is 25.3 Å². The molecule has 156 valence electrons. The number of carbonyl (C=O) groups is 2. The zero-order valence-corrected chi connectivity index (χ0v) is 17.8. The summed E-state index contributed by atoms with van der Waals surface area (Å²) in [5, 5.41) is 5.07. The summed E-state index contributed by atoms with van der Waals surface area (Å²) >= 11 is 1.57. The summed E-state index contributed by atoms with van der Waals surface area (Å²) in [7, 11) is 3.09. The van der Waals surface area contributed by atoms with Crippen molar-refractivity contribution in [2.45, 2.75) is 44.7 Å². The normalized spacial score (nSPS) is 14.3. The Kier molecular flexibility index (Phi) is 7.52. The van der Waals surface area contributed by atoms with Crippen LogP contribution in [0.4, 0.5) is 0 Å². The van der Waals surface area contributed by atoms with Crippen LogP contribution in [0.25, 0.3) is 0 Å². The Morgan fingerprint density at radius 1 is 1.10 bits per heavy atom. The fourth-order valence-electron chi connectivity index (χ4n) is 3.64. The van der Waals surface area contributed by atoms with Crippen LogP contribution in [0.3, 0.4) is 0 Å². The van der Waals surface area contributed by atoms with Crippen molar-refractivity contribution in [3.8, 4) is 11.5 Å². The molecule has 2 aromatic rings. The number of hydrogen-bond acceptors (Lipinski definition) is 5. The molecule has 1 fully saturated rings. The van der Waals surface area contributed by atoms with Crippen molar-refractivity contribution in [2.24, 2.45) is 0 Å². The van der Waals surface area contributed by atoms with E-state index in [9.17, 15) is 9.59 Å². The van der Waals surface area contributed by atoms with E-state index in [1.54, 1.807) is 41.5 Å². The van der Waals surface area contributed by atoms with Crippen LogP contribution in [0.5, 0.6) is 11.5 Å². The van der Waals surface area contributed by atoms with Gasteiger partial charge >= 0.3 is 0 Å². The highest BCUT2D eigenvalue weighted by molar-refractivity contribution is 7.09. The molecule has 1 aliphatic carbocycles. The molecular weight excluding hydrogens is 388 g/mol. The highest BCUT2D eigenvalue weighted by Gasteiger charge is 2.23. The number of ether oxygens (including phenoxy) is 2. The number of thiophene rings is 1. The van der Waals surface area contributed by atoms with Crippen LogP contribution in [0.2, 0.25) is 0 Å². The van der Waals surface area contributed by atoms with Gasteiger partial charge in [0.05, 0.1) is 20.8 Å². The molecule has 1 heterocycles. The molecule has 0 unspecified atom stereocenters. The van der Waals surface area contributed by atoms with Crippen molar-refractivity contribution in [1.82, 2.24) is 10.2 Å². The van der Waals surface area contributed by atoms with E-state index in [2.05, 4.69) is 5.32 Å². The lowest BCUT2D eigenvalue weighted by Gasteiger charge is -2.26. The molecule has 3 rings (SSSR count). The minimum atomic E-state index is -0.210. The number of nitrogens with zero attached hydrogens (tertiary/aromatic N) is 1. The molecule has 6 nitrogen and oxygen atoms in total. The topological polar surface area (TPSA) is 67.9 Å². The molecule has 0 radical (unpaired) electrons. The van der Waals surface area contributed by atoms with Gasteiger partial charge in [0.15, 0.2) is 11.5 Å². The molecule has 1 aliphatic rings. The van der Waals surface area contributed by atoms with Crippen LogP contribution < -0.4 is 14.8 Å². The van der Waals surface area contributed by atoms with Crippen molar-refractivity contribution < 1.29 is 19.1 Å². The monoisotopic (exact) mass is 416 g/mol. The van der Waals surface area contributed by atoms with E-state index in [1.807, 2.05) is 17.5 Å². The van der Waals surface area contributed by atoms with Gasteiger partial charge in [-0.15, -0.1) is 11.3 Å². The van der Waals surface area contributed by atoms with E-state index >= 15 is 0 Å². The van der Waals surface area contributed by atoms with Crippen LogP contribution in [-0.4, -0.2) is 43.5 Å². The van der Waals surface area contributed by atoms with Gasteiger partial charge in [-0.25, -0.2) is 0 Å². The van der Waals surface area contributed by atoms with Gasteiger partial charge in [0.1, 0.15) is 6.54 Å². The van der Waals surface area contributed by atoms with E-state index in [4.69, 9.17) is 9.47 Å². The number of nitrogens with one attached hydrogen (secondary N) is 1. The third kappa shape index (κ3) is 5.73. The van der Waals surface area contributed by atoms with Crippen LogP contribution in [-0.2, 0) is 11.3 Å². The largest absolute Gasteiger partial charge is 0.493 e. The van der Waals surface area contributed by atoms with Gasteiger partial charge < -0.3 is 19.7 Å². The van der Waals surface area contributed by atoms with Gasteiger partial charge in [0.25, 0.3) is 5.91 Å². The summed E-state index contributed by atoms with van der Waals surface area (Å²) in [4.78, 5) is 28.5. The van der Waals surface area contributed by atoms with Crippen LogP contribution in [0.1, 0.15) is 47.3 Å². The first-order valence-electron chi connectivity index (χ1n) is 9.93. The van der Waals surface area contributed by atoms with Crippen LogP contribution >= 0.6 is 11.3 Å². The van der Waals surface area contributed by atoms with Crippen molar-refractivity contribution >= 4 is 23.2 Å². The van der Waals surface area contributed by atoms with Gasteiger partial charge in [-0.2, -0.15) is 0 Å². The smallest absolute Gasteiger partial charge is 0.254 e. The number of hydrogen-bond donors (Lipinski definition) is 1. The molecule has 0 atom stereocenters. The molecule has 1 aromatic heterocycles. The number of carbonyl (C=O) groups excluding carboxylic acids is 2. The van der Waals surface area contributed by atoms with Gasteiger partial charge in [-0.05, 0) is 42.5 Å². The van der Waals surface area contributed by atoms with Crippen LogP contribution in [0, 0.1) is 0 Å². The SMILES string of the molecule is COc1ccc(C(=O)N(CC(=O)NC2CCCCC2)Cc2cccs2)cc1OC. The second kappa shape index (κ2) is 10.3. The highest BCUT2D eigenvalue weighted by atomic mass is 32.1. The molecule has 0 spiro atoms. The summed E-state index contributed by atoms with van der Waals surface area (Å²) in [6, 6.07) is 9.19. The van der Waals surface area contributed by atoms with Crippen molar-refractivity contribution in [3.63, 3.8) is 0 Å². The zero-order chi connectivity index (χ0) is 20.6. The molecule has 7 heteroatoms. The Hall–Kier alpha value is -2.54. The second-order valence-electron chi connectivity index (χ2n) is 7.21. The predicted molar refractivity (Wildman–Crippen MR) is 114 cm³/mol. The molecule has 1 aromatic carbocycles. The van der Waals surface area contributed by atoms with Crippen molar-refractivity contribution in [2.75, 3.05) is 20.8 Å². The fourth-order valence-corrected chi connectivity index (χ4v) is 4.36. The Morgan fingerprint density at radius 3 is 2.52 bits per heavy atom. The average Bonchev–Trinajstić information content (AvgIpc) is 3.26. The Morgan fingerprint density at radius 2 is 1.86 bits per heavy atom. The Labute approximate surface area is 175 Å². The number of benzene rings is 1. The first-order valence-corrected chi connectivity index (χ1v) is 10.8. The third-order valence-corrected chi connectivity index (χ3v) is 6.01. The molecule has 0 aliphatic heterocycles. The lowest BCUT2D eigenvalue weighted by Crippen LogP contribution is -2.44. The molecule has 29 heavy (non-hydrogen) atoms. The van der Waals surface area contributed by atoms with E-state index in [0.717, 1.165) is 30.6 Å². The molecule has 0 bridgehead atoms. The first kappa shape index (κ1) is 21.2. The Balaban J connectivity index is 1.75. The predicted octanol–water partition coefficient (Wildman–Crippen LogP) is 3.86. The molecular formula is C22H28N2O4S. The van der Waals surface area contributed by atoms with E-state index in [0.29, 0.717) is 23.6 Å². The number of methoxy groups -OCH3 is 2. The van der Waals surface area contributed by atoms with Gasteiger partial charge in [0, 0.05) is 16.5 Å². The number of rotatable bonds is 8. The summed E-state index contributed by atoms with van der Waals surface area (Å²) in [5.41, 5.74) is 0.463. The van der Waals surface area contributed by atoms with Crippen molar-refractivity contribution in [3.05, 3.63) is 46.2 Å². The quantitative estimate of drug-likeness (QED) is 0.710. The van der Waals surface area contributed by atoms with E-state index in [1.165, 1.54) is 13.5 Å². The molecule has 1 saturated carbocycles. The summed E-state index contributed by atoms with van der Waals surface area (Å²) in [6.45, 7) is 0.421. The lowest BCUT2D eigenvalue weighted by atomic mass is 9.95. The third-order valence-electron chi connectivity index (χ3n) is 5.15. The highest BCUT2D eigenvalue weighted by Crippen LogP contribution is 2.28. The van der Waals surface area contributed by atoms with E-state index < -0.39 is 0 Å². The lowest BCUT2D eigenvalue weighted by molar-refractivity contribution is -0.122. The molecule has 1 N–H and O–H groups in total. The average molecular weight is 417 g/mol. The standard InChI is InChI=1S/C22H28N2O4S/c1-27-19-11-10-16(13-20(19)28-2)22(26)24(14-18-9-6-12-29-18)15-21(25)23-17-7-4-3-5-8-17/h6,9-13,17H,3-5,7-8,14-15H2,1-2H3,(H,23,25). The maximum absolute atomic E-state index is 13.2. The van der Waals surface area contributed by atoms with E-state index in [-0.39, 0.29) is 24.4 Å². The summed E-state index contributed by atoms with van der Waals surface area (Å²) in [6.07, 6.45) is 5.55. The van der Waals surface area contributed by atoms with Crippen LogP contribution in [0.15, 0.2) is 35.7 Å². The summed E-state index contributed by atoms with van der Waals surface area (Å²) < 4.78 is 10.6. The Bertz CT molecular complexity index is 816. The minimum Gasteiger partial charge on any atom is -0.493 e. The maximum atomic E-state index is 13.2. The number of amides is 2. The summed E-state index contributed by atoms with van der Waals surface area (Å²) in [5.74, 6) is 0.727. The van der Waals surface area contributed by atoms with Crippen molar-refractivity contribution in [1.29, 1.82) is 0 Å².